The molecular formula is C18H16ClN5O2. The summed E-state index contributed by atoms with van der Waals surface area (Å²) in [4.78, 5) is 28.5. The zero-order chi connectivity index (χ0) is 18.5. The monoisotopic (exact) mass is 369 g/mol. The number of rotatable bonds is 5. The molecule has 26 heavy (non-hydrogen) atoms. The third-order valence-corrected chi connectivity index (χ3v) is 3.91. The van der Waals surface area contributed by atoms with E-state index in [2.05, 4.69) is 20.7 Å². The van der Waals surface area contributed by atoms with Gasteiger partial charge in [-0.05, 0) is 43.3 Å². The van der Waals surface area contributed by atoms with Crippen molar-refractivity contribution >= 4 is 29.1 Å². The molecule has 1 aromatic carbocycles. The van der Waals surface area contributed by atoms with E-state index >= 15 is 0 Å². The molecule has 2 N–H and O–H groups in total. The molecule has 7 nitrogen and oxygen atoms in total. The van der Waals surface area contributed by atoms with Crippen molar-refractivity contribution in [3.8, 4) is 5.82 Å². The topological polar surface area (TPSA) is 88.9 Å². The van der Waals surface area contributed by atoms with Gasteiger partial charge in [-0.15, -0.1) is 0 Å². The van der Waals surface area contributed by atoms with Gasteiger partial charge in [0.2, 0.25) is 5.91 Å². The Labute approximate surface area is 155 Å². The normalized spacial score (nSPS) is 10.4. The number of halogens is 1. The maximum atomic E-state index is 12.3. The third-order valence-electron chi connectivity index (χ3n) is 3.66. The van der Waals surface area contributed by atoms with Gasteiger partial charge in [-0.1, -0.05) is 17.7 Å². The lowest BCUT2D eigenvalue weighted by atomic mass is 10.2. The first-order valence-corrected chi connectivity index (χ1v) is 8.22. The molecule has 3 rings (SSSR count). The number of amides is 2. The van der Waals surface area contributed by atoms with Gasteiger partial charge in [0.25, 0.3) is 5.91 Å². The minimum absolute atomic E-state index is 0.157. The van der Waals surface area contributed by atoms with Gasteiger partial charge in [0.15, 0.2) is 5.82 Å². The number of aromatic nitrogens is 3. The number of pyridine rings is 1. The number of hydrogen-bond donors (Lipinski definition) is 2. The van der Waals surface area contributed by atoms with E-state index in [1.807, 2.05) is 6.07 Å². The van der Waals surface area contributed by atoms with Crippen LogP contribution in [0.5, 0.6) is 0 Å². The van der Waals surface area contributed by atoms with Crippen LogP contribution in [0, 0.1) is 6.92 Å². The van der Waals surface area contributed by atoms with Gasteiger partial charge in [0, 0.05) is 16.9 Å². The van der Waals surface area contributed by atoms with Crippen molar-refractivity contribution in [3.05, 3.63) is 71.1 Å². The average Bonchev–Trinajstić information content (AvgIpc) is 3.04. The van der Waals surface area contributed by atoms with Crippen LogP contribution in [0.4, 0.5) is 5.69 Å². The molecule has 132 valence electrons. The molecule has 2 aromatic heterocycles. The summed E-state index contributed by atoms with van der Waals surface area (Å²) in [6.07, 6.45) is 3.10. The first kappa shape index (κ1) is 17.6. The van der Waals surface area contributed by atoms with Gasteiger partial charge >= 0.3 is 0 Å². The number of carbonyl (C=O) groups excluding carboxylic acids is 2. The van der Waals surface area contributed by atoms with Gasteiger partial charge in [-0.3, -0.25) is 9.59 Å². The Kier molecular flexibility index (Phi) is 5.28. The van der Waals surface area contributed by atoms with Gasteiger partial charge in [0.1, 0.15) is 0 Å². The fraction of sp³-hybridized carbons (Fsp3) is 0.111. The molecule has 0 saturated carbocycles. The molecule has 0 aliphatic heterocycles. The molecule has 8 heteroatoms. The highest BCUT2D eigenvalue weighted by Gasteiger charge is 2.16. The first-order valence-electron chi connectivity index (χ1n) is 7.84. The van der Waals surface area contributed by atoms with Crippen molar-refractivity contribution < 1.29 is 9.59 Å². The van der Waals surface area contributed by atoms with Crippen LogP contribution < -0.4 is 10.6 Å². The Bertz CT molecular complexity index is 923. The Balaban J connectivity index is 1.61. The van der Waals surface area contributed by atoms with Crippen molar-refractivity contribution in [2.45, 2.75) is 6.92 Å². The van der Waals surface area contributed by atoms with Crippen LogP contribution in [0.15, 0.2) is 54.9 Å². The summed E-state index contributed by atoms with van der Waals surface area (Å²) in [5.74, 6) is -0.101. The van der Waals surface area contributed by atoms with E-state index < -0.39 is 0 Å². The third kappa shape index (κ3) is 4.07. The van der Waals surface area contributed by atoms with Gasteiger partial charge in [0.05, 0.1) is 24.0 Å². The molecule has 2 amide bonds. The van der Waals surface area contributed by atoms with Gasteiger partial charge in [-0.2, -0.15) is 5.10 Å². The van der Waals surface area contributed by atoms with E-state index in [9.17, 15) is 9.59 Å². The average molecular weight is 370 g/mol. The molecule has 0 bridgehead atoms. The molecule has 0 spiro atoms. The van der Waals surface area contributed by atoms with Crippen LogP contribution in [-0.4, -0.2) is 33.1 Å². The summed E-state index contributed by atoms with van der Waals surface area (Å²) in [6.45, 7) is 1.61. The zero-order valence-electron chi connectivity index (χ0n) is 13.9. The molecule has 0 unspecified atom stereocenters. The SMILES string of the molecule is Cc1c(C(=O)NCC(=O)Nc2ccc(Cl)cc2)cnn1-c1ccccn1. The van der Waals surface area contributed by atoms with Crippen molar-refractivity contribution in [1.29, 1.82) is 0 Å². The Hall–Kier alpha value is -3.19. The van der Waals surface area contributed by atoms with E-state index in [1.54, 1.807) is 54.2 Å². The quantitative estimate of drug-likeness (QED) is 0.723. The summed E-state index contributed by atoms with van der Waals surface area (Å²) < 4.78 is 1.57. The summed E-state index contributed by atoms with van der Waals surface area (Å²) in [6, 6.07) is 12.1. The van der Waals surface area contributed by atoms with E-state index in [1.165, 1.54) is 6.20 Å². The second-order valence-corrected chi connectivity index (χ2v) is 5.92. The standard InChI is InChI=1S/C18H16ClN5O2/c1-12-15(10-22-24(12)16-4-2-3-9-20-16)18(26)21-11-17(25)23-14-7-5-13(19)6-8-14/h2-10H,11H2,1H3,(H,21,26)(H,23,25). The summed E-state index contributed by atoms with van der Waals surface area (Å²) >= 11 is 5.80. The minimum Gasteiger partial charge on any atom is -0.343 e. The molecule has 0 saturated heterocycles. The number of anilines is 1. The highest BCUT2D eigenvalue weighted by molar-refractivity contribution is 6.30. The second kappa shape index (κ2) is 7.79. The van der Waals surface area contributed by atoms with Crippen molar-refractivity contribution in [3.63, 3.8) is 0 Å². The number of nitrogens with zero attached hydrogens (tertiary/aromatic N) is 3. The van der Waals surface area contributed by atoms with Crippen LogP contribution in [-0.2, 0) is 4.79 Å². The zero-order valence-corrected chi connectivity index (χ0v) is 14.7. The smallest absolute Gasteiger partial charge is 0.255 e. The maximum absolute atomic E-state index is 12.3. The molecule has 0 atom stereocenters. The molecule has 0 fully saturated rings. The fourth-order valence-corrected chi connectivity index (χ4v) is 2.46. The number of hydrogen-bond acceptors (Lipinski definition) is 4. The molecule has 2 heterocycles. The fourth-order valence-electron chi connectivity index (χ4n) is 2.34. The van der Waals surface area contributed by atoms with E-state index in [0.717, 1.165) is 0 Å². The van der Waals surface area contributed by atoms with E-state index in [0.29, 0.717) is 27.8 Å². The Morgan fingerprint density at radius 1 is 1.15 bits per heavy atom. The predicted molar refractivity (Wildman–Crippen MR) is 98.5 cm³/mol. The van der Waals surface area contributed by atoms with Crippen LogP contribution in [0.25, 0.3) is 5.82 Å². The predicted octanol–water partition coefficient (Wildman–Crippen LogP) is 2.60. The van der Waals surface area contributed by atoms with E-state index in [4.69, 9.17) is 11.6 Å². The Morgan fingerprint density at radius 2 is 1.92 bits per heavy atom. The van der Waals surface area contributed by atoms with Crippen LogP contribution in [0.1, 0.15) is 16.1 Å². The van der Waals surface area contributed by atoms with E-state index in [-0.39, 0.29) is 18.4 Å². The van der Waals surface area contributed by atoms with Crippen LogP contribution in [0.3, 0.4) is 0 Å². The molecule has 0 radical (unpaired) electrons. The Morgan fingerprint density at radius 3 is 2.62 bits per heavy atom. The molecule has 3 aromatic rings. The number of benzene rings is 1. The van der Waals surface area contributed by atoms with Crippen molar-refractivity contribution in [2.75, 3.05) is 11.9 Å². The highest BCUT2D eigenvalue weighted by Crippen LogP contribution is 2.14. The molecule has 0 aliphatic carbocycles. The summed E-state index contributed by atoms with van der Waals surface area (Å²) in [5, 5.41) is 10.0. The largest absolute Gasteiger partial charge is 0.343 e. The lowest BCUT2D eigenvalue weighted by molar-refractivity contribution is -0.115. The molecule has 0 aliphatic rings. The molecular weight excluding hydrogens is 354 g/mol. The summed E-state index contributed by atoms with van der Waals surface area (Å²) in [7, 11) is 0. The van der Waals surface area contributed by atoms with Gasteiger partial charge < -0.3 is 10.6 Å². The lowest BCUT2D eigenvalue weighted by Crippen LogP contribution is -2.33. The van der Waals surface area contributed by atoms with Crippen molar-refractivity contribution in [2.24, 2.45) is 0 Å². The van der Waals surface area contributed by atoms with Crippen LogP contribution in [0.2, 0.25) is 5.02 Å². The maximum Gasteiger partial charge on any atom is 0.255 e. The van der Waals surface area contributed by atoms with Crippen molar-refractivity contribution in [1.82, 2.24) is 20.1 Å². The first-order chi connectivity index (χ1) is 12.5. The lowest BCUT2D eigenvalue weighted by Gasteiger charge is -2.07. The second-order valence-electron chi connectivity index (χ2n) is 5.48. The highest BCUT2D eigenvalue weighted by atomic mass is 35.5. The number of nitrogens with one attached hydrogen (secondary N) is 2. The van der Waals surface area contributed by atoms with Crippen LogP contribution >= 0.6 is 11.6 Å². The minimum atomic E-state index is -0.379. The number of carbonyl (C=O) groups is 2. The van der Waals surface area contributed by atoms with Gasteiger partial charge in [-0.25, -0.2) is 9.67 Å². The summed E-state index contributed by atoms with van der Waals surface area (Å²) in [5.41, 5.74) is 1.63.